The fraction of sp³-hybridized carbons (Fsp3) is 0.688. The topological polar surface area (TPSA) is 62.4 Å². The van der Waals surface area contributed by atoms with Crippen LogP contribution in [0.2, 0.25) is 0 Å². The molecule has 1 rings (SSSR count). The molecule has 3 N–H and O–H groups in total. The third-order valence-electron chi connectivity index (χ3n) is 4.51. The van der Waals surface area contributed by atoms with Gasteiger partial charge in [-0.2, -0.15) is 0 Å². The first-order chi connectivity index (χ1) is 9.46. The summed E-state index contributed by atoms with van der Waals surface area (Å²) in [5.41, 5.74) is 7.48. The van der Waals surface area contributed by atoms with Crippen LogP contribution in [0.15, 0.2) is 12.3 Å². The molecule has 0 saturated heterocycles. The van der Waals surface area contributed by atoms with Crippen molar-refractivity contribution in [1.29, 1.82) is 0 Å². The van der Waals surface area contributed by atoms with Gasteiger partial charge in [-0.05, 0) is 44.5 Å². The highest BCUT2D eigenvalue weighted by molar-refractivity contribution is 5.43. The van der Waals surface area contributed by atoms with Crippen LogP contribution in [0.4, 0.5) is 5.82 Å². The van der Waals surface area contributed by atoms with Crippen molar-refractivity contribution in [2.75, 3.05) is 18.8 Å². The van der Waals surface area contributed by atoms with Crippen LogP contribution in [-0.2, 0) is 0 Å². The van der Waals surface area contributed by atoms with Gasteiger partial charge in [0, 0.05) is 11.8 Å². The lowest BCUT2D eigenvalue weighted by Crippen LogP contribution is -2.52. The van der Waals surface area contributed by atoms with Gasteiger partial charge in [-0.25, -0.2) is 4.98 Å². The summed E-state index contributed by atoms with van der Waals surface area (Å²) in [5, 5.41) is 11.0. The number of rotatable bonds is 7. The third kappa shape index (κ3) is 2.96. The van der Waals surface area contributed by atoms with Crippen molar-refractivity contribution in [1.82, 2.24) is 9.88 Å². The van der Waals surface area contributed by atoms with Crippen LogP contribution in [0.5, 0.6) is 0 Å². The summed E-state index contributed by atoms with van der Waals surface area (Å²) >= 11 is 0. The van der Waals surface area contributed by atoms with Crippen molar-refractivity contribution in [2.45, 2.75) is 59.1 Å². The highest BCUT2D eigenvalue weighted by Crippen LogP contribution is 2.38. The predicted octanol–water partition coefficient (Wildman–Crippen LogP) is 2.91. The Morgan fingerprint density at radius 2 is 1.80 bits per heavy atom. The molecule has 0 bridgehead atoms. The predicted molar refractivity (Wildman–Crippen MR) is 84.6 cm³/mol. The van der Waals surface area contributed by atoms with E-state index in [2.05, 4.69) is 37.6 Å². The minimum absolute atomic E-state index is 0.285. The molecular weight excluding hydrogens is 250 g/mol. The minimum Gasteiger partial charge on any atom is -0.386 e. The van der Waals surface area contributed by atoms with Crippen molar-refractivity contribution in [3.05, 3.63) is 23.4 Å². The Hall–Kier alpha value is -1.13. The average Bonchev–Trinajstić information content (AvgIpc) is 2.46. The van der Waals surface area contributed by atoms with Gasteiger partial charge < -0.3 is 10.8 Å². The second kappa shape index (κ2) is 7.04. The normalized spacial score (nSPS) is 13.8. The molecule has 4 nitrogen and oxygen atoms in total. The van der Waals surface area contributed by atoms with E-state index in [1.54, 1.807) is 6.20 Å². The van der Waals surface area contributed by atoms with Gasteiger partial charge in [-0.3, -0.25) is 4.90 Å². The first-order valence-electron chi connectivity index (χ1n) is 7.61. The molecule has 0 amide bonds. The van der Waals surface area contributed by atoms with Crippen LogP contribution in [0.1, 0.15) is 57.8 Å². The molecule has 0 saturated carbocycles. The highest BCUT2D eigenvalue weighted by atomic mass is 16.3. The molecule has 1 heterocycles. The summed E-state index contributed by atoms with van der Waals surface area (Å²) in [6.45, 7) is 12.3. The number of aliphatic hydroxyl groups excluding tert-OH is 1. The van der Waals surface area contributed by atoms with E-state index in [-0.39, 0.29) is 5.54 Å². The van der Waals surface area contributed by atoms with Crippen LogP contribution >= 0.6 is 0 Å². The lowest BCUT2D eigenvalue weighted by atomic mass is 9.81. The second-order valence-electron chi connectivity index (χ2n) is 5.37. The Labute approximate surface area is 123 Å². The van der Waals surface area contributed by atoms with E-state index in [9.17, 15) is 5.11 Å². The number of aliphatic hydroxyl groups is 1. The van der Waals surface area contributed by atoms with Crippen LogP contribution in [0.3, 0.4) is 0 Å². The molecule has 0 spiro atoms. The summed E-state index contributed by atoms with van der Waals surface area (Å²) in [7, 11) is 0. The molecule has 20 heavy (non-hydrogen) atoms. The summed E-state index contributed by atoms with van der Waals surface area (Å²) in [4.78, 5) is 6.52. The summed E-state index contributed by atoms with van der Waals surface area (Å²) in [5.74, 6) is 0.432. The molecule has 4 heteroatoms. The Kier molecular flexibility index (Phi) is 5.96. The van der Waals surface area contributed by atoms with Crippen molar-refractivity contribution >= 4 is 5.82 Å². The zero-order chi connectivity index (χ0) is 15.3. The molecule has 0 aliphatic heterocycles. The molecule has 1 aromatic heterocycles. The zero-order valence-electron chi connectivity index (χ0n) is 13.5. The van der Waals surface area contributed by atoms with E-state index in [1.807, 2.05) is 13.0 Å². The van der Waals surface area contributed by atoms with Crippen molar-refractivity contribution in [3.8, 4) is 0 Å². The van der Waals surface area contributed by atoms with E-state index in [1.165, 1.54) is 0 Å². The van der Waals surface area contributed by atoms with E-state index < -0.39 is 6.10 Å². The zero-order valence-corrected chi connectivity index (χ0v) is 13.5. The number of pyridine rings is 1. The number of anilines is 1. The quantitative estimate of drug-likeness (QED) is 0.805. The van der Waals surface area contributed by atoms with Crippen LogP contribution < -0.4 is 5.73 Å². The fourth-order valence-corrected chi connectivity index (χ4v) is 3.22. The van der Waals surface area contributed by atoms with Crippen molar-refractivity contribution in [2.24, 2.45) is 0 Å². The highest BCUT2D eigenvalue weighted by Gasteiger charge is 2.40. The standard InChI is InChI=1S/C16H29N3O/c1-6-16(7-2,19(8-3)9-4)14(20)13-10-12(5)11-18-15(13)17/h10-11,14,20H,6-9H2,1-5H3,(H2,17,18). The summed E-state index contributed by atoms with van der Waals surface area (Å²) < 4.78 is 0. The Morgan fingerprint density at radius 3 is 2.25 bits per heavy atom. The van der Waals surface area contributed by atoms with Gasteiger partial charge in [0.25, 0.3) is 0 Å². The van der Waals surface area contributed by atoms with Gasteiger partial charge >= 0.3 is 0 Å². The van der Waals surface area contributed by atoms with E-state index >= 15 is 0 Å². The SMILES string of the molecule is CCN(CC)C(CC)(CC)C(O)c1cc(C)cnc1N. The molecule has 0 fully saturated rings. The maximum absolute atomic E-state index is 11.0. The molecule has 0 aromatic carbocycles. The first kappa shape index (κ1) is 16.9. The van der Waals surface area contributed by atoms with Gasteiger partial charge in [0.15, 0.2) is 0 Å². The third-order valence-corrected chi connectivity index (χ3v) is 4.51. The number of aryl methyl sites for hydroxylation is 1. The number of hydrogen-bond acceptors (Lipinski definition) is 4. The molecule has 1 aromatic rings. The maximum Gasteiger partial charge on any atom is 0.129 e. The number of hydrogen-bond donors (Lipinski definition) is 2. The van der Waals surface area contributed by atoms with Crippen LogP contribution in [-0.4, -0.2) is 33.6 Å². The lowest BCUT2D eigenvalue weighted by Gasteiger charge is -2.46. The maximum atomic E-state index is 11.0. The molecule has 114 valence electrons. The Bertz CT molecular complexity index is 426. The Balaban J connectivity index is 3.29. The van der Waals surface area contributed by atoms with Crippen molar-refractivity contribution in [3.63, 3.8) is 0 Å². The molecular formula is C16H29N3O. The number of nitrogens with zero attached hydrogens (tertiary/aromatic N) is 2. The van der Waals surface area contributed by atoms with E-state index in [4.69, 9.17) is 5.73 Å². The van der Waals surface area contributed by atoms with Crippen LogP contribution in [0, 0.1) is 6.92 Å². The van der Waals surface area contributed by atoms with E-state index in [0.29, 0.717) is 5.82 Å². The molecule has 1 unspecified atom stereocenters. The smallest absolute Gasteiger partial charge is 0.129 e. The van der Waals surface area contributed by atoms with Gasteiger partial charge in [0.1, 0.15) is 11.9 Å². The monoisotopic (exact) mass is 279 g/mol. The first-order valence-corrected chi connectivity index (χ1v) is 7.61. The minimum atomic E-state index is -0.621. The van der Waals surface area contributed by atoms with E-state index in [0.717, 1.165) is 37.1 Å². The second-order valence-corrected chi connectivity index (χ2v) is 5.37. The number of nitrogens with two attached hydrogens (primary N) is 1. The summed E-state index contributed by atoms with van der Waals surface area (Å²) in [6.07, 6.45) is 2.87. The fourth-order valence-electron chi connectivity index (χ4n) is 3.22. The number of likely N-dealkylation sites (N-methyl/N-ethyl adjacent to an activating group) is 1. The average molecular weight is 279 g/mol. The number of aromatic nitrogens is 1. The van der Waals surface area contributed by atoms with Crippen LogP contribution in [0.25, 0.3) is 0 Å². The molecule has 0 aliphatic rings. The van der Waals surface area contributed by atoms with Gasteiger partial charge in [0.05, 0.1) is 5.54 Å². The van der Waals surface area contributed by atoms with Gasteiger partial charge in [0.2, 0.25) is 0 Å². The largest absolute Gasteiger partial charge is 0.386 e. The molecule has 1 atom stereocenters. The number of nitrogen functional groups attached to an aromatic ring is 1. The lowest BCUT2D eigenvalue weighted by molar-refractivity contribution is -0.0363. The van der Waals surface area contributed by atoms with Gasteiger partial charge in [-0.15, -0.1) is 0 Å². The van der Waals surface area contributed by atoms with Crippen molar-refractivity contribution < 1.29 is 5.11 Å². The Morgan fingerprint density at radius 1 is 1.25 bits per heavy atom. The molecule has 0 radical (unpaired) electrons. The summed E-state index contributed by atoms with van der Waals surface area (Å²) in [6, 6.07) is 1.95. The van der Waals surface area contributed by atoms with Gasteiger partial charge in [-0.1, -0.05) is 27.7 Å². The molecule has 0 aliphatic carbocycles.